The van der Waals surface area contributed by atoms with E-state index in [-0.39, 0.29) is 17.3 Å². The van der Waals surface area contributed by atoms with Crippen LogP contribution in [0.5, 0.6) is 0 Å². The average molecular weight is 285 g/mol. The molecule has 1 aromatic carbocycles. The Kier molecular flexibility index (Phi) is 3.11. The van der Waals surface area contributed by atoms with Crippen molar-refractivity contribution in [2.24, 2.45) is 10.7 Å². The molecule has 0 aromatic heterocycles. The molecule has 0 spiro atoms. The van der Waals surface area contributed by atoms with E-state index < -0.39 is 28.6 Å². The number of aliphatic imine (C=N–C) groups is 1. The summed E-state index contributed by atoms with van der Waals surface area (Å²) in [7, 11) is 0. The second kappa shape index (κ2) is 4.39. The van der Waals surface area contributed by atoms with Gasteiger partial charge < -0.3 is 10.5 Å². The zero-order chi connectivity index (χ0) is 15.1. The SMILES string of the molecule is C[C@]1(F)COC(N)=N[C@]1(C)c1cc([N+](=O)[O-])ccc1F. The zero-order valence-electron chi connectivity index (χ0n) is 10.9. The van der Waals surface area contributed by atoms with Crippen LogP contribution in [0.3, 0.4) is 0 Å². The van der Waals surface area contributed by atoms with Crippen molar-refractivity contribution in [1.82, 2.24) is 0 Å². The zero-order valence-corrected chi connectivity index (χ0v) is 10.9. The van der Waals surface area contributed by atoms with Crippen LogP contribution in [0.4, 0.5) is 14.5 Å². The predicted molar refractivity (Wildman–Crippen MR) is 67.5 cm³/mol. The van der Waals surface area contributed by atoms with Crippen LogP contribution in [0.25, 0.3) is 0 Å². The molecule has 1 heterocycles. The van der Waals surface area contributed by atoms with Gasteiger partial charge in [-0.05, 0) is 19.9 Å². The fourth-order valence-electron chi connectivity index (χ4n) is 2.06. The molecular formula is C12H13F2N3O3. The summed E-state index contributed by atoms with van der Waals surface area (Å²) in [6, 6.07) is 2.60. The molecule has 0 radical (unpaired) electrons. The Bertz CT molecular complexity index is 604. The van der Waals surface area contributed by atoms with Crippen molar-refractivity contribution in [3.8, 4) is 0 Å². The molecule has 2 rings (SSSR count). The minimum absolute atomic E-state index is 0.233. The maximum Gasteiger partial charge on any atom is 0.283 e. The number of hydrogen-bond donors (Lipinski definition) is 1. The third-order valence-corrected chi connectivity index (χ3v) is 3.53. The normalized spacial score (nSPS) is 29.5. The maximum atomic E-state index is 14.7. The molecule has 0 amide bonds. The number of amidine groups is 1. The lowest BCUT2D eigenvalue weighted by Crippen LogP contribution is -2.52. The van der Waals surface area contributed by atoms with Crippen molar-refractivity contribution in [3.05, 3.63) is 39.7 Å². The summed E-state index contributed by atoms with van der Waals surface area (Å²) in [5.41, 5.74) is 1.07. The van der Waals surface area contributed by atoms with Crippen LogP contribution in [0.1, 0.15) is 19.4 Å². The van der Waals surface area contributed by atoms with E-state index in [2.05, 4.69) is 4.99 Å². The predicted octanol–water partition coefficient (Wildman–Crippen LogP) is 2.02. The average Bonchev–Trinajstić information content (AvgIpc) is 2.35. The quantitative estimate of drug-likeness (QED) is 0.664. The van der Waals surface area contributed by atoms with Gasteiger partial charge in [0.05, 0.1) is 4.92 Å². The fraction of sp³-hybridized carbons (Fsp3) is 0.417. The van der Waals surface area contributed by atoms with Gasteiger partial charge in [0.25, 0.3) is 11.7 Å². The molecule has 2 atom stereocenters. The lowest BCUT2D eigenvalue weighted by Gasteiger charge is -2.40. The third-order valence-electron chi connectivity index (χ3n) is 3.53. The van der Waals surface area contributed by atoms with Crippen molar-refractivity contribution in [1.29, 1.82) is 0 Å². The Hall–Kier alpha value is -2.25. The Balaban J connectivity index is 2.66. The highest BCUT2D eigenvalue weighted by Gasteiger charge is 2.52. The summed E-state index contributed by atoms with van der Waals surface area (Å²) in [5.74, 6) is -0.791. The number of hydrogen-bond acceptors (Lipinski definition) is 5. The van der Waals surface area contributed by atoms with Crippen LogP contribution >= 0.6 is 0 Å². The van der Waals surface area contributed by atoms with E-state index in [9.17, 15) is 18.9 Å². The first-order valence-electron chi connectivity index (χ1n) is 5.79. The van der Waals surface area contributed by atoms with Crippen molar-refractivity contribution in [3.63, 3.8) is 0 Å². The Morgan fingerprint density at radius 3 is 2.75 bits per heavy atom. The number of nitrogens with two attached hydrogens (primary N) is 1. The number of non-ortho nitro benzene ring substituents is 1. The smallest absolute Gasteiger partial charge is 0.283 e. The molecule has 108 valence electrons. The molecule has 0 unspecified atom stereocenters. The molecule has 1 aromatic rings. The number of halogens is 2. The number of rotatable bonds is 2. The van der Waals surface area contributed by atoms with Gasteiger partial charge >= 0.3 is 0 Å². The van der Waals surface area contributed by atoms with E-state index in [0.717, 1.165) is 18.2 Å². The molecule has 2 N–H and O–H groups in total. The monoisotopic (exact) mass is 285 g/mol. The van der Waals surface area contributed by atoms with Crippen LogP contribution in [0.2, 0.25) is 0 Å². The van der Waals surface area contributed by atoms with Gasteiger partial charge in [-0.2, -0.15) is 0 Å². The molecule has 1 aliphatic rings. The fourth-order valence-corrected chi connectivity index (χ4v) is 2.06. The molecule has 20 heavy (non-hydrogen) atoms. The van der Waals surface area contributed by atoms with Crippen molar-refractivity contribution < 1.29 is 18.4 Å². The first kappa shape index (κ1) is 14.2. The molecule has 0 saturated heterocycles. The minimum Gasteiger partial charge on any atom is -0.462 e. The van der Waals surface area contributed by atoms with Gasteiger partial charge in [-0.3, -0.25) is 10.1 Å². The maximum absolute atomic E-state index is 14.7. The number of benzene rings is 1. The first-order valence-corrected chi connectivity index (χ1v) is 5.79. The number of nitro benzene ring substituents is 1. The van der Waals surface area contributed by atoms with Crippen LogP contribution in [-0.4, -0.2) is 23.2 Å². The topological polar surface area (TPSA) is 90.8 Å². The number of nitrogens with zero attached hydrogens (tertiary/aromatic N) is 2. The van der Waals surface area contributed by atoms with Gasteiger partial charge in [-0.1, -0.05) is 0 Å². The second-order valence-electron chi connectivity index (χ2n) is 4.93. The second-order valence-corrected chi connectivity index (χ2v) is 4.93. The van der Waals surface area contributed by atoms with Crippen LogP contribution in [0, 0.1) is 15.9 Å². The molecule has 6 nitrogen and oxygen atoms in total. The van der Waals surface area contributed by atoms with Gasteiger partial charge in [0.1, 0.15) is 18.0 Å². The lowest BCUT2D eigenvalue weighted by atomic mass is 9.78. The Morgan fingerprint density at radius 2 is 2.15 bits per heavy atom. The third kappa shape index (κ3) is 2.06. The molecule has 1 aliphatic heterocycles. The Labute approximate surface area is 113 Å². The molecule has 0 saturated carbocycles. The van der Waals surface area contributed by atoms with Gasteiger partial charge in [-0.15, -0.1) is 0 Å². The number of alkyl halides is 1. The van der Waals surface area contributed by atoms with Crippen LogP contribution < -0.4 is 5.73 Å². The molecule has 0 aliphatic carbocycles. The number of nitro groups is 1. The molecule has 8 heteroatoms. The summed E-state index contributed by atoms with van der Waals surface area (Å²) in [5, 5.41) is 10.8. The molecule has 0 fully saturated rings. The summed E-state index contributed by atoms with van der Waals surface area (Å²) >= 11 is 0. The van der Waals surface area contributed by atoms with E-state index >= 15 is 0 Å². The molecular weight excluding hydrogens is 272 g/mol. The highest BCUT2D eigenvalue weighted by molar-refractivity contribution is 5.73. The van der Waals surface area contributed by atoms with Crippen LogP contribution in [0.15, 0.2) is 23.2 Å². The van der Waals surface area contributed by atoms with Crippen molar-refractivity contribution in [2.45, 2.75) is 25.1 Å². The van der Waals surface area contributed by atoms with Crippen molar-refractivity contribution >= 4 is 11.7 Å². The first-order chi connectivity index (χ1) is 9.17. The van der Waals surface area contributed by atoms with E-state index in [4.69, 9.17) is 10.5 Å². The van der Waals surface area contributed by atoms with E-state index in [0.29, 0.717) is 0 Å². The lowest BCUT2D eigenvalue weighted by molar-refractivity contribution is -0.385. The highest BCUT2D eigenvalue weighted by atomic mass is 19.1. The summed E-state index contributed by atoms with van der Waals surface area (Å²) in [6.45, 7) is 2.09. The standard InChI is InChI=1S/C12H13F2N3O3/c1-11(14)6-20-10(15)16-12(11,2)8-5-7(17(18)19)3-4-9(8)13/h3-5H,6H2,1-2H3,(H2,15,16)/t11-,12+/m0/s1. The van der Waals surface area contributed by atoms with Crippen LogP contribution in [-0.2, 0) is 10.3 Å². The van der Waals surface area contributed by atoms with E-state index in [1.165, 1.54) is 13.8 Å². The van der Waals surface area contributed by atoms with Gasteiger partial charge in [0.2, 0.25) is 0 Å². The Morgan fingerprint density at radius 1 is 1.50 bits per heavy atom. The van der Waals surface area contributed by atoms with Gasteiger partial charge in [-0.25, -0.2) is 13.8 Å². The van der Waals surface area contributed by atoms with Gasteiger partial charge in [0, 0.05) is 17.7 Å². The van der Waals surface area contributed by atoms with E-state index in [1.54, 1.807) is 0 Å². The summed E-state index contributed by atoms with van der Waals surface area (Å²) < 4.78 is 33.5. The molecule has 0 bridgehead atoms. The minimum atomic E-state index is -2.06. The highest BCUT2D eigenvalue weighted by Crippen LogP contribution is 2.43. The summed E-state index contributed by atoms with van der Waals surface area (Å²) in [4.78, 5) is 13.9. The summed E-state index contributed by atoms with van der Waals surface area (Å²) in [6.07, 6.45) is 0. The van der Waals surface area contributed by atoms with E-state index in [1.807, 2.05) is 0 Å². The number of ether oxygens (including phenoxy) is 1. The van der Waals surface area contributed by atoms with Crippen molar-refractivity contribution in [2.75, 3.05) is 6.61 Å². The van der Waals surface area contributed by atoms with Gasteiger partial charge in [0.15, 0.2) is 5.67 Å². The largest absolute Gasteiger partial charge is 0.462 e.